The molecule has 0 aliphatic rings. The van der Waals surface area contributed by atoms with Gasteiger partial charge in [0.2, 0.25) is 0 Å². The van der Waals surface area contributed by atoms with Crippen LogP contribution in [0.5, 0.6) is 0 Å². The third-order valence-electron chi connectivity index (χ3n) is 3.31. The lowest BCUT2D eigenvalue weighted by Crippen LogP contribution is -2.14. The van der Waals surface area contributed by atoms with Crippen molar-refractivity contribution in [2.24, 2.45) is 0 Å². The molecule has 1 amide bonds. The monoisotopic (exact) mass is 305 g/mol. The molecule has 4 rings (SSSR count). The molecule has 0 bridgehead atoms. The van der Waals surface area contributed by atoms with Gasteiger partial charge in [-0.2, -0.15) is 5.10 Å². The van der Waals surface area contributed by atoms with Crippen molar-refractivity contribution < 1.29 is 9.21 Å². The number of carbonyl (C=O) groups excluding carboxylic acids is 1. The number of hydrogen-bond acceptors (Lipinski definition) is 5. The van der Waals surface area contributed by atoms with Crippen LogP contribution in [0.15, 0.2) is 65.6 Å². The van der Waals surface area contributed by atoms with Gasteiger partial charge in [0, 0.05) is 0 Å². The Labute approximate surface area is 130 Å². The number of amides is 1. The highest BCUT2D eigenvalue weighted by atomic mass is 16.4. The van der Waals surface area contributed by atoms with E-state index in [1.165, 1.54) is 6.33 Å². The van der Waals surface area contributed by atoms with Crippen molar-refractivity contribution in [3.05, 3.63) is 67.1 Å². The lowest BCUT2D eigenvalue weighted by molar-refractivity contribution is 0.0992. The number of nitrogens with one attached hydrogen (secondary N) is 1. The summed E-state index contributed by atoms with van der Waals surface area (Å²) in [4.78, 5) is 20.5. The van der Waals surface area contributed by atoms with E-state index in [2.05, 4.69) is 20.4 Å². The smallest absolute Gasteiger partial charge is 0.311 e. The van der Waals surface area contributed by atoms with Gasteiger partial charge in [0.15, 0.2) is 5.58 Å². The molecule has 0 aliphatic carbocycles. The van der Waals surface area contributed by atoms with E-state index < -0.39 is 5.91 Å². The Balaban J connectivity index is 1.67. The fourth-order valence-corrected chi connectivity index (χ4v) is 2.26. The van der Waals surface area contributed by atoms with Crippen molar-refractivity contribution in [1.29, 1.82) is 0 Å². The number of fused-ring (bicyclic) bond motifs is 1. The van der Waals surface area contributed by atoms with Gasteiger partial charge in [-0.1, -0.05) is 24.3 Å². The van der Waals surface area contributed by atoms with E-state index in [0.29, 0.717) is 22.5 Å². The molecule has 2 aromatic carbocycles. The quantitative estimate of drug-likeness (QED) is 0.629. The molecule has 112 valence electrons. The number of hydrogen-bond donors (Lipinski definition) is 1. The molecule has 1 N–H and O–H groups in total. The number of oxazole rings is 1. The molecule has 0 fully saturated rings. The number of anilines is 1. The SMILES string of the molecule is O=C(Nc1ccccc1-n1cncn1)c1nc2ccccc2o1. The highest BCUT2D eigenvalue weighted by Gasteiger charge is 2.16. The molecule has 0 spiro atoms. The summed E-state index contributed by atoms with van der Waals surface area (Å²) in [5.41, 5.74) is 2.50. The van der Waals surface area contributed by atoms with Crippen LogP contribution in [0.3, 0.4) is 0 Å². The largest absolute Gasteiger partial charge is 0.432 e. The van der Waals surface area contributed by atoms with Crippen LogP contribution in [-0.2, 0) is 0 Å². The Hall–Kier alpha value is -3.48. The first-order chi connectivity index (χ1) is 11.3. The lowest BCUT2D eigenvalue weighted by atomic mass is 10.2. The number of carbonyl (C=O) groups is 1. The molecular formula is C16H11N5O2. The second-order valence-corrected chi connectivity index (χ2v) is 4.80. The molecule has 7 nitrogen and oxygen atoms in total. The van der Waals surface area contributed by atoms with Crippen molar-refractivity contribution in [1.82, 2.24) is 19.7 Å². The van der Waals surface area contributed by atoms with E-state index in [1.54, 1.807) is 29.2 Å². The minimum Gasteiger partial charge on any atom is -0.432 e. The molecule has 0 unspecified atom stereocenters. The molecule has 2 heterocycles. The van der Waals surface area contributed by atoms with Gasteiger partial charge in [-0.15, -0.1) is 0 Å². The molecule has 0 aliphatic heterocycles. The van der Waals surface area contributed by atoms with Crippen LogP contribution < -0.4 is 5.32 Å². The predicted molar refractivity (Wildman–Crippen MR) is 83.3 cm³/mol. The third kappa shape index (κ3) is 2.44. The van der Waals surface area contributed by atoms with Gasteiger partial charge in [0.25, 0.3) is 5.89 Å². The van der Waals surface area contributed by atoms with Gasteiger partial charge in [-0.25, -0.2) is 14.6 Å². The first kappa shape index (κ1) is 13.2. The van der Waals surface area contributed by atoms with Crippen LogP contribution in [0.1, 0.15) is 10.7 Å². The van der Waals surface area contributed by atoms with Crippen molar-refractivity contribution in [2.75, 3.05) is 5.32 Å². The summed E-state index contributed by atoms with van der Waals surface area (Å²) in [5.74, 6) is -0.409. The first-order valence-electron chi connectivity index (χ1n) is 6.92. The first-order valence-corrected chi connectivity index (χ1v) is 6.92. The second kappa shape index (κ2) is 5.38. The molecule has 0 saturated carbocycles. The second-order valence-electron chi connectivity index (χ2n) is 4.80. The predicted octanol–water partition coefficient (Wildman–Crippen LogP) is 2.66. The Morgan fingerprint density at radius 3 is 2.74 bits per heavy atom. The zero-order chi connectivity index (χ0) is 15.6. The summed E-state index contributed by atoms with van der Waals surface area (Å²) in [6.07, 6.45) is 2.99. The Morgan fingerprint density at radius 2 is 1.91 bits per heavy atom. The minimum atomic E-state index is -0.422. The van der Waals surface area contributed by atoms with Crippen LogP contribution in [0, 0.1) is 0 Å². The van der Waals surface area contributed by atoms with Crippen LogP contribution in [0.25, 0.3) is 16.8 Å². The molecule has 2 aromatic heterocycles. The van der Waals surface area contributed by atoms with E-state index in [-0.39, 0.29) is 5.89 Å². The standard InChI is InChI=1S/C16H11N5O2/c22-15(16-20-12-6-2-4-8-14(12)23-16)19-11-5-1-3-7-13(11)21-10-17-9-18-21/h1-10H,(H,19,22). The van der Waals surface area contributed by atoms with Crippen molar-refractivity contribution in [3.63, 3.8) is 0 Å². The fourth-order valence-electron chi connectivity index (χ4n) is 2.26. The van der Waals surface area contributed by atoms with Gasteiger partial charge < -0.3 is 9.73 Å². The van der Waals surface area contributed by atoms with Crippen molar-refractivity contribution in [2.45, 2.75) is 0 Å². The van der Waals surface area contributed by atoms with Gasteiger partial charge in [-0.05, 0) is 24.3 Å². The highest BCUT2D eigenvalue weighted by Crippen LogP contribution is 2.20. The molecule has 4 aromatic rings. The van der Waals surface area contributed by atoms with Crippen molar-refractivity contribution >= 4 is 22.7 Å². The van der Waals surface area contributed by atoms with Crippen LogP contribution in [-0.4, -0.2) is 25.7 Å². The maximum atomic E-state index is 12.4. The van der Waals surface area contributed by atoms with E-state index >= 15 is 0 Å². The van der Waals surface area contributed by atoms with Crippen LogP contribution >= 0.6 is 0 Å². The molecule has 0 atom stereocenters. The summed E-state index contributed by atoms with van der Waals surface area (Å²) in [7, 11) is 0. The maximum absolute atomic E-state index is 12.4. The number of para-hydroxylation sites is 4. The number of benzene rings is 2. The summed E-state index contributed by atoms with van der Waals surface area (Å²) in [6, 6.07) is 14.5. The molecule has 0 radical (unpaired) electrons. The Morgan fingerprint density at radius 1 is 1.09 bits per heavy atom. The maximum Gasteiger partial charge on any atom is 0.311 e. The van der Waals surface area contributed by atoms with E-state index in [9.17, 15) is 4.79 Å². The molecule has 7 heteroatoms. The molecular weight excluding hydrogens is 294 g/mol. The van der Waals surface area contributed by atoms with Gasteiger partial charge >= 0.3 is 5.91 Å². The minimum absolute atomic E-state index is 0.0135. The van der Waals surface area contributed by atoms with Crippen molar-refractivity contribution in [3.8, 4) is 5.69 Å². The normalized spacial score (nSPS) is 10.8. The Bertz CT molecular complexity index is 942. The summed E-state index contributed by atoms with van der Waals surface area (Å²) in [5, 5.41) is 6.87. The van der Waals surface area contributed by atoms with E-state index in [1.807, 2.05) is 30.3 Å². The summed E-state index contributed by atoms with van der Waals surface area (Å²) < 4.78 is 7.05. The lowest BCUT2D eigenvalue weighted by Gasteiger charge is -2.08. The number of nitrogens with zero attached hydrogens (tertiary/aromatic N) is 4. The van der Waals surface area contributed by atoms with Crippen LogP contribution in [0.4, 0.5) is 5.69 Å². The average Bonchev–Trinajstić information content (AvgIpc) is 3.25. The topological polar surface area (TPSA) is 85.8 Å². The number of aromatic nitrogens is 4. The third-order valence-corrected chi connectivity index (χ3v) is 3.31. The highest BCUT2D eigenvalue weighted by molar-refractivity contribution is 6.03. The van der Waals surface area contributed by atoms with E-state index in [4.69, 9.17) is 4.42 Å². The fraction of sp³-hybridized carbons (Fsp3) is 0. The van der Waals surface area contributed by atoms with Gasteiger partial charge in [-0.3, -0.25) is 4.79 Å². The zero-order valence-corrected chi connectivity index (χ0v) is 11.9. The summed E-state index contributed by atoms with van der Waals surface area (Å²) >= 11 is 0. The zero-order valence-electron chi connectivity index (χ0n) is 11.9. The summed E-state index contributed by atoms with van der Waals surface area (Å²) in [6.45, 7) is 0. The van der Waals surface area contributed by atoms with Crippen LogP contribution in [0.2, 0.25) is 0 Å². The Kier molecular flexibility index (Phi) is 3.09. The van der Waals surface area contributed by atoms with Gasteiger partial charge in [0.1, 0.15) is 18.2 Å². The molecule has 23 heavy (non-hydrogen) atoms. The van der Waals surface area contributed by atoms with Gasteiger partial charge in [0.05, 0.1) is 11.4 Å². The average molecular weight is 305 g/mol. The number of rotatable bonds is 3. The molecule has 0 saturated heterocycles. The van der Waals surface area contributed by atoms with E-state index in [0.717, 1.165) is 0 Å².